The fourth-order valence-corrected chi connectivity index (χ4v) is 3.85. The SMILES string of the molecule is C=NC(=O)[C@@H]1CC(CC)CN1C(=O)CCCCCC/C=C\[C@@H]1C[C@@H]1C(=O)O. The lowest BCUT2D eigenvalue weighted by atomic mass is 10.0. The minimum absolute atomic E-state index is 0.0568. The largest absolute Gasteiger partial charge is 0.481 e. The Morgan fingerprint density at radius 3 is 2.56 bits per heavy atom. The molecule has 0 radical (unpaired) electrons. The lowest BCUT2D eigenvalue weighted by Gasteiger charge is -2.22. The van der Waals surface area contributed by atoms with Gasteiger partial charge in [-0.2, -0.15) is 0 Å². The zero-order valence-corrected chi connectivity index (χ0v) is 16.3. The molecule has 2 aliphatic rings. The predicted molar refractivity (Wildman–Crippen MR) is 105 cm³/mol. The van der Waals surface area contributed by atoms with Crippen LogP contribution in [0.1, 0.15) is 64.7 Å². The van der Waals surface area contributed by atoms with Crippen molar-refractivity contribution in [3.63, 3.8) is 0 Å². The highest BCUT2D eigenvalue weighted by atomic mass is 16.4. The van der Waals surface area contributed by atoms with E-state index in [1.54, 1.807) is 4.90 Å². The number of aliphatic carboxylic acids is 1. The molecular weight excluding hydrogens is 344 g/mol. The summed E-state index contributed by atoms with van der Waals surface area (Å²) in [6, 6.07) is -0.415. The van der Waals surface area contributed by atoms with Crippen LogP contribution in [0.5, 0.6) is 0 Å². The van der Waals surface area contributed by atoms with Crippen LogP contribution in [-0.2, 0) is 14.4 Å². The fourth-order valence-electron chi connectivity index (χ4n) is 3.85. The van der Waals surface area contributed by atoms with Gasteiger partial charge in [-0.3, -0.25) is 14.4 Å². The van der Waals surface area contributed by atoms with Crippen molar-refractivity contribution in [2.24, 2.45) is 22.7 Å². The van der Waals surface area contributed by atoms with Gasteiger partial charge in [-0.05, 0) is 50.7 Å². The summed E-state index contributed by atoms with van der Waals surface area (Å²) < 4.78 is 0. The van der Waals surface area contributed by atoms with Gasteiger partial charge in [0.1, 0.15) is 6.04 Å². The number of hydrogen-bond donors (Lipinski definition) is 1. The Morgan fingerprint density at radius 2 is 1.93 bits per heavy atom. The van der Waals surface area contributed by atoms with Gasteiger partial charge < -0.3 is 10.0 Å². The van der Waals surface area contributed by atoms with E-state index in [4.69, 9.17) is 5.11 Å². The first-order valence-corrected chi connectivity index (χ1v) is 10.2. The van der Waals surface area contributed by atoms with Gasteiger partial charge >= 0.3 is 5.97 Å². The Kier molecular flexibility index (Phi) is 8.20. The predicted octanol–water partition coefficient (Wildman–Crippen LogP) is 3.46. The van der Waals surface area contributed by atoms with E-state index in [2.05, 4.69) is 24.7 Å². The molecule has 0 aromatic heterocycles. The van der Waals surface area contributed by atoms with Crippen LogP contribution in [0.3, 0.4) is 0 Å². The van der Waals surface area contributed by atoms with Crippen molar-refractivity contribution in [1.82, 2.24) is 4.90 Å². The maximum absolute atomic E-state index is 12.5. The topological polar surface area (TPSA) is 87.0 Å². The van der Waals surface area contributed by atoms with Crippen LogP contribution in [0.25, 0.3) is 0 Å². The Morgan fingerprint density at radius 1 is 1.19 bits per heavy atom. The molecule has 0 bridgehead atoms. The van der Waals surface area contributed by atoms with Crippen molar-refractivity contribution >= 4 is 24.5 Å². The number of nitrogens with zero attached hydrogens (tertiary/aromatic N) is 2. The van der Waals surface area contributed by atoms with Crippen molar-refractivity contribution in [2.75, 3.05) is 6.54 Å². The summed E-state index contributed by atoms with van der Waals surface area (Å²) in [7, 11) is 0. The number of unbranched alkanes of at least 4 members (excludes halogenated alkanes) is 4. The molecule has 4 atom stereocenters. The van der Waals surface area contributed by atoms with Crippen molar-refractivity contribution in [2.45, 2.75) is 70.8 Å². The van der Waals surface area contributed by atoms with Gasteiger partial charge in [0.05, 0.1) is 5.92 Å². The quantitative estimate of drug-likeness (QED) is 0.340. The lowest BCUT2D eigenvalue weighted by Crippen LogP contribution is -2.39. The molecule has 1 saturated carbocycles. The third kappa shape index (κ3) is 6.29. The standard InChI is InChI=1S/C21H32N2O4/c1-3-15-12-18(20(25)22-2)23(14-15)19(24)11-9-7-5-4-6-8-10-16-13-17(16)21(26)27/h8,10,15-18H,2-7,9,11-14H2,1H3,(H,26,27)/b10-8-/t15?,16-,17+,18+/m1/s1. The van der Waals surface area contributed by atoms with Gasteiger partial charge in [-0.15, -0.1) is 0 Å². The number of carbonyl (C=O) groups excluding carboxylic acids is 2. The first-order valence-electron chi connectivity index (χ1n) is 10.2. The van der Waals surface area contributed by atoms with Crippen molar-refractivity contribution in [3.8, 4) is 0 Å². The van der Waals surface area contributed by atoms with Gasteiger partial charge in [-0.1, -0.05) is 38.3 Å². The summed E-state index contributed by atoms with van der Waals surface area (Å²) >= 11 is 0. The molecule has 0 aromatic rings. The summed E-state index contributed by atoms with van der Waals surface area (Å²) in [6.45, 7) is 6.06. The van der Waals surface area contributed by atoms with E-state index < -0.39 is 12.0 Å². The van der Waals surface area contributed by atoms with Crippen molar-refractivity contribution in [3.05, 3.63) is 12.2 Å². The zero-order chi connectivity index (χ0) is 19.8. The average Bonchev–Trinajstić information content (AvgIpc) is 3.31. The van der Waals surface area contributed by atoms with Gasteiger partial charge in [0.2, 0.25) is 5.91 Å². The molecular formula is C21H32N2O4. The van der Waals surface area contributed by atoms with Crippen LogP contribution >= 0.6 is 0 Å². The number of hydrogen-bond acceptors (Lipinski definition) is 3. The van der Waals surface area contributed by atoms with Crippen LogP contribution in [0.15, 0.2) is 17.1 Å². The summed E-state index contributed by atoms with van der Waals surface area (Å²) in [5, 5.41) is 8.84. The Hall–Kier alpha value is -1.98. The van der Waals surface area contributed by atoms with Crippen molar-refractivity contribution < 1.29 is 19.5 Å². The second-order valence-corrected chi connectivity index (χ2v) is 7.79. The monoisotopic (exact) mass is 376 g/mol. The van der Waals surface area contributed by atoms with E-state index in [0.29, 0.717) is 25.3 Å². The lowest BCUT2D eigenvalue weighted by molar-refractivity contribution is -0.138. The van der Waals surface area contributed by atoms with E-state index in [0.717, 1.165) is 44.9 Å². The second kappa shape index (κ2) is 10.4. The highest BCUT2D eigenvalue weighted by molar-refractivity contribution is 5.90. The Bertz CT molecular complexity index is 587. The fraction of sp³-hybridized carbons (Fsp3) is 0.714. The first-order chi connectivity index (χ1) is 13.0. The molecule has 2 rings (SSSR count). The molecule has 0 aromatic carbocycles. The van der Waals surface area contributed by atoms with E-state index in [1.165, 1.54) is 0 Å². The van der Waals surface area contributed by atoms with Crippen LogP contribution in [-0.4, -0.2) is 47.1 Å². The molecule has 150 valence electrons. The maximum atomic E-state index is 12.5. The number of likely N-dealkylation sites (tertiary alicyclic amines) is 1. The average molecular weight is 376 g/mol. The molecule has 1 heterocycles. The van der Waals surface area contributed by atoms with Crippen LogP contribution in [0.4, 0.5) is 0 Å². The minimum Gasteiger partial charge on any atom is -0.481 e. The van der Waals surface area contributed by atoms with Gasteiger partial charge in [-0.25, -0.2) is 4.99 Å². The molecule has 1 unspecified atom stereocenters. The van der Waals surface area contributed by atoms with E-state index in [1.807, 2.05) is 6.08 Å². The number of amides is 2. The third-order valence-electron chi connectivity index (χ3n) is 5.78. The van der Waals surface area contributed by atoms with Gasteiger partial charge in [0.25, 0.3) is 5.91 Å². The summed E-state index contributed by atoms with van der Waals surface area (Å²) in [4.78, 5) is 40.4. The highest BCUT2D eigenvalue weighted by Gasteiger charge is 2.41. The Balaban J connectivity index is 1.59. The zero-order valence-electron chi connectivity index (χ0n) is 16.3. The van der Waals surface area contributed by atoms with E-state index in [9.17, 15) is 14.4 Å². The number of aliphatic imine (C=N–C) groups is 1. The molecule has 1 N–H and O–H groups in total. The number of allylic oxidation sites excluding steroid dienone is 2. The normalized spacial score (nSPS) is 27.1. The van der Waals surface area contributed by atoms with Crippen molar-refractivity contribution in [1.29, 1.82) is 0 Å². The molecule has 27 heavy (non-hydrogen) atoms. The Labute approximate surface area is 161 Å². The summed E-state index contributed by atoms with van der Waals surface area (Å²) in [6.07, 6.45) is 11.9. The number of rotatable bonds is 11. The second-order valence-electron chi connectivity index (χ2n) is 7.79. The summed E-state index contributed by atoms with van der Waals surface area (Å²) in [5.41, 5.74) is 0. The molecule has 0 spiro atoms. The van der Waals surface area contributed by atoms with E-state index >= 15 is 0 Å². The smallest absolute Gasteiger partial charge is 0.307 e. The van der Waals surface area contributed by atoms with Crippen LogP contribution in [0, 0.1) is 17.8 Å². The number of carboxylic acids is 1. The number of carboxylic acid groups (broad SMARTS) is 1. The van der Waals surface area contributed by atoms with Crippen LogP contribution < -0.4 is 0 Å². The maximum Gasteiger partial charge on any atom is 0.307 e. The molecule has 1 aliphatic carbocycles. The molecule has 1 aliphatic heterocycles. The number of carbonyl (C=O) groups is 3. The third-order valence-corrected chi connectivity index (χ3v) is 5.78. The molecule has 6 nitrogen and oxygen atoms in total. The molecule has 2 amide bonds. The highest BCUT2D eigenvalue weighted by Crippen LogP contribution is 2.39. The minimum atomic E-state index is -0.689. The molecule has 6 heteroatoms. The van der Waals surface area contributed by atoms with E-state index in [-0.39, 0.29) is 23.7 Å². The summed E-state index contributed by atoms with van der Waals surface area (Å²) in [5.74, 6) is -0.479. The van der Waals surface area contributed by atoms with Gasteiger partial charge in [0.15, 0.2) is 0 Å². The molecule has 1 saturated heterocycles. The first kappa shape index (κ1) is 21.3. The molecule has 2 fully saturated rings. The van der Waals surface area contributed by atoms with Gasteiger partial charge in [0, 0.05) is 13.0 Å². The van der Waals surface area contributed by atoms with Crippen LogP contribution in [0.2, 0.25) is 0 Å².